The third-order valence-corrected chi connectivity index (χ3v) is 12.3. The summed E-state index contributed by atoms with van der Waals surface area (Å²) >= 11 is 0. The zero-order chi connectivity index (χ0) is 62.6. The Morgan fingerprint density at radius 3 is 1.89 bits per heavy atom. The number of imidazole rings is 1. The Kier molecular flexibility index (Phi) is 7.03. The minimum Gasteiger partial charge on any atom is -0.510 e. The van der Waals surface area contributed by atoms with Crippen molar-refractivity contribution in [1.82, 2.24) is 18.7 Å². The molecule has 0 radical (unpaired) electrons. The van der Waals surface area contributed by atoms with Gasteiger partial charge in [0.15, 0.2) is 0 Å². The van der Waals surface area contributed by atoms with Gasteiger partial charge in [0.05, 0.1) is 52.4 Å². The molecule has 0 N–H and O–H groups in total. The molecule has 344 valence electrons. The Balaban J connectivity index is 0.00000769. The van der Waals surface area contributed by atoms with Crippen LogP contribution >= 0.6 is 0 Å². The van der Waals surface area contributed by atoms with Gasteiger partial charge in [0.25, 0.3) is 6.33 Å². The van der Waals surface area contributed by atoms with Crippen molar-refractivity contribution in [3.05, 3.63) is 242 Å². The van der Waals surface area contributed by atoms with Gasteiger partial charge in [-0.05, 0) is 80.7 Å². The van der Waals surface area contributed by atoms with Crippen LogP contribution in [0, 0.1) is 18.5 Å². The average Bonchev–Trinajstić information content (AvgIpc) is 1.56. The fourth-order valence-electron chi connectivity index (χ4n) is 9.21. The number of aromatic nitrogens is 5. The summed E-state index contributed by atoms with van der Waals surface area (Å²) in [6.07, 6.45) is 5.08. The van der Waals surface area contributed by atoms with E-state index in [1.54, 1.807) is 94.2 Å². The van der Waals surface area contributed by atoms with E-state index >= 15 is 0 Å². The first-order valence-corrected chi connectivity index (χ1v) is 22.2. The monoisotopic (exact) mass is 1110 g/mol. The molecule has 0 atom stereocenters. The van der Waals surface area contributed by atoms with E-state index in [1.807, 2.05) is 22.8 Å². The molecule has 9 aromatic carbocycles. The van der Waals surface area contributed by atoms with E-state index in [2.05, 4.69) is 39.2 Å². The molecular weight excluding hydrogens is 1050 g/mol. The van der Waals surface area contributed by atoms with Crippen LogP contribution in [0.25, 0.3) is 99.8 Å². The van der Waals surface area contributed by atoms with Crippen LogP contribution < -0.4 is 9.30 Å². The normalized spacial score (nSPS) is 15.3. The number of ether oxygens (including phenoxy) is 1. The number of pyridine rings is 1. The van der Waals surface area contributed by atoms with Crippen LogP contribution in [-0.4, -0.2) is 18.7 Å². The SMILES string of the molecule is [2H]c1c([2H])c([2H])c(-c2cccc(-c3c([2H])c([2H])c([2H])c([2H])c3[2H])c2-[n+]2[c-]n(-c3[c-]c(Oc4[c-]c5c(cc4)c4c(-n6c7c([2H])c([2H])c([2H])c([2H])c7c7c([2H])c([2H])c([2H])c([2H])c76)cccc4n5-c4cc(C(C)(C)C)ccn4)ccc3)c3ccccc32)c([2H])c1[2H].[Pt]. The number of fused-ring (bicyclic) bond motifs is 7. The van der Waals surface area contributed by atoms with Crippen LogP contribution in [0.5, 0.6) is 11.5 Å². The van der Waals surface area contributed by atoms with Gasteiger partial charge in [-0.1, -0.05) is 177 Å². The zero-order valence-electron chi connectivity index (χ0n) is 55.9. The molecule has 0 aliphatic rings. The second-order valence-electron chi connectivity index (χ2n) is 17.5. The summed E-state index contributed by atoms with van der Waals surface area (Å²) in [6, 6.07) is 26.6. The van der Waals surface area contributed by atoms with Gasteiger partial charge in [-0.15, -0.1) is 24.3 Å². The first kappa shape index (κ1) is 28.4. The average molecular weight is 1110 g/mol. The summed E-state index contributed by atoms with van der Waals surface area (Å²) in [5.74, 6) is 0.907. The predicted molar refractivity (Wildman–Crippen MR) is 284 cm³/mol. The Morgan fingerprint density at radius 2 is 1.18 bits per heavy atom. The molecule has 71 heavy (non-hydrogen) atoms. The van der Waals surface area contributed by atoms with Crippen molar-refractivity contribution >= 4 is 54.6 Å². The van der Waals surface area contributed by atoms with Crippen molar-refractivity contribution in [1.29, 1.82) is 0 Å². The molecule has 0 fully saturated rings. The van der Waals surface area contributed by atoms with Crippen molar-refractivity contribution in [3.63, 3.8) is 0 Å². The molecule has 4 aromatic heterocycles. The number of benzene rings is 9. The Morgan fingerprint density at radius 1 is 0.563 bits per heavy atom. The quantitative estimate of drug-likeness (QED) is 0.112. The second kappa shape index (κ2) is 17.6. The van der Waals surface area contributed by atoms with Crippen LogP contribution in [0.15, 0.2) is 218 Å². The topological polar surface area (TPSA) is 40.8 Å². The molecule has 0 spiro atoms. The van der Waals surface area contributed by atoms with Crippen LogP contribution in [0.3, 0.4) is 0 Å². The number of nitrogens with zero attached hydrogens (tertiary/aromatic N) is 5. The van der Waals surface area contributed by atoms with Crippen LogP contribution in [0.4, 0.5) is 0 Å². The van der Waals surface area contributed by atoms with Crippen LogP contribution in [-0.2, 0) is 26.5 Å². The van der Waals surface area contributed by atoms with E-state index < -0.39 is 109 Å². The molecule has 0 amide bonds. The minimum atomic E-state index is -0.617. The molecule has 0 saturated heterocycles. The number of hydrogen-bond acceptors (Lipinski definition) is 2. The summed E-state index contributed by atoms with van der Waals surface area (Å²) < 4.78 is 172. The summed E-state index contributed by atoms with van der Waals surface area (Å²) in [7, 11) is 0. The number of rotatable bonds is 8. The Hall–Kier alpha value is -8.31. The molecule has 6 nitrogen and oxygen atoms in total. The molecule has 0 unspecified atom stereocenters. The first-order chi connectivity index (χ1) is 41.8. The maximum atomic E-state index is 9.29. The van der Waals surface area contributed by atoms with E-state index in [9.17, 15) is 2.74 Å². The fraction of sp³-hybridized carbons (Fsp3) is 0.0625. The van der Waals surface area contributed by atoms with Crippen LogP contribution in [0.1, 0.15) is 51.0 Å². The van der Waals surface area contributed by atoms with Crippen LogP contribution in [0.2, 0.25) is 0 Å². The summed E-state index contributed by atoms with van der Waals surface area (Å²) in [5, 5.41) is 0.970. The van der Waals surface area contributed by atoms with E-state index in [-0.39, 0.29) is 87.7 Å². The molecule has 4 heterocycles. The molecule has 0 aliphatic carbocycles. The van der Waals surface area contributed by atoms with Gasteiger partial charge in [0, 0.05) is 60.7 Å². The van der Waals surface area contributed by atoms with E-state index in [0.717, 1.165) is 5.56 Å². The van der Waals surface area contributed by atoms with Gasteiger partial charge in [-0.25, -0.2) is 4.98 Å². The van der Waals surface area contributed by atoms with Gasteiger partial charge >= 0.3 is 0 Å². The molecule has 7 heteroatoms. The molecule has 0 bridgehead atoms. The Bertz CT molecular complexity index is 5020. The summed E-state index contributed by atoms with van der Waals surface area (Å²) in [4.78, 5) is 4.87. The maximum Gasteiger partial charge on any atom is 0.268 e. The number of para-hydroxylation sites is 5. The Labute approximate surface area is 451 Å². The molecule has 0 aliphatic heterocycles. The molecule has 13 aromatic rings. The van der Waals surface area contributed by atoms with Crippen molar-refractivity contribution < 1.29 is 55.0 Å². The summed E-state index contributed by atoms with van der Waals surface area (Å²) in [5.41, 5.74) is 3.12. The van der Waals surface area contributed by atoms with E-state index in [1.165, 1.54) is 10.6 Å². The maximum absolute atomic E-state index is 9.29. The minimum absolute atomic E-state index is 0. The predicted octanol–water partition coefficient (Wildman–Crippen LogP) is 15.3. The van der Waals surface area contributed by atoms with Crippen molar-refractivity contribution in [2.45, 2.75) is 26.2 Å². The van der Waals surface area contributed by atoms with Crippen molar-refractivity contribution in [2.24, 2.45) is 0 Å². The zero-order valence-corrected chi connectivity index (χ0v) is 40.1. The van der Waals surface area contributed by atoms with E-state index in [4.69, 9.17) is 31.7 Å². The van der Waals surface area contributed by atoms with Crippen molar-refractivity contribution in [2.75, 3.05) is 0 Å². The molecular formula is C64H45N5OPt-2. The third-order valence-electron chi connectivity index (χ3n) is 12.3. The second-order valence-corrected chi connectivity index (χ2v) is 17.5. The first-order valence-electron chi connectivity index (χ1n) is 31.2. The van der Waals surface area contributed by atoms with Gasteiger partial charge in [0.2, 0.25) is 0 Å². The van der Waals surface area contributed by atoms with E-state index in [0.29, 0.717) is 50.0 Å². The van der Waals surface area contributed by atoms with Gasteiger partial charge < -0.3 is 18.4 Å². The standard InChI is InChI=1S/C64H45N5O.Pt/c1-64(2,3)45-37-38-65-61(39-45)69-59-34-18-33-58(68-54-29-12-10-25-51(54)52-26-11-13-30-55(52)68)62(59)53-36-35-48(41-60(53)69)70-47-24-16-23-46(40-47)66-42-67(57-32-15-14-31-56(57)66)63-49(43-19-6-4-7-20-43)27-17-28-50(63)44-21-8-5-9-22-44;/h4-39H,1-3H3;/q-2;/i4D,5D,6D,7D,8D,9D,10D,11D,12D,13D,19D,20D,21D,22D,25D,26D,29D,30D;. The van der Waals surface area contributed by atoms with Gasteiger partial charge in [-0.3, -0.25) is 4.57 Å². The van der Waals surface area contributed by atoms with Gasteiger partial charge in [0.1, 0.15) is 5.82 Å². The summed E-state index contributed by atoms with van der Waals surface area (Å²) in [6.45, 7) is 6.22. The third kappa shape index (κ3) is 7.46. The largest absolute Gasteiger partial charge is 0.510 e. The number of hydrogen-bond donors (Lipinski definition) is 0. The molecule has 0 saturated carbocycles. The van der Waals surface area contributed by atoms with Crippen molar-refractivity contribution in [3.8, 4) is 56.6 Å². The smallest absolute Gasteiger partial charge is 0.268 e. The fourth-order valence-corrected chi connectivity index (χ4v) is 9.21. The van der Waals surface area contributed by atoms with Gasteiger partial charge in [-0.2, -0.15) is 18.2 Å². The molecule has 13 rings (SSSR count).